The first-order valence-corrected chi connectivity index (χ1v) is 6.76. The number of thiol groups is 1. The second-order valence-corrected chi connectivity index (χ2v) is 4.93. The first-order valence-electron chi connectivity index (χ1n) is 6.13. The summed E-state index contributed by atoms with van der Waals surface area (Å²) in [6, 6.07) is 10.6. The van der Waals surface area contributed by atoms with E-state index in [1.165, 1.54) is 23.2 Å². The number of pyridine rings is 1. The van der Waals surface area contributed by atoms with Crippen molar-refractivity contribution in [2.24, 2.45) is 0 Å². The van der Waals surface area contributed by atoms with Crippen LogP contribution in [0.25, 0.3) is 10.9 Å². The quantitative estimate of drug-likeness (QED) is 0.818. The smallest absolute Gasteiger partial charge is 0.132 e. The van der Waals surface area contributed by atoms with Gasteiger partial charge in [0.05, 0.1) is 5.52 Å². The molecule has 88 valence electrons. The number of para-hydroxylation sites is 1. The van der Waals surface area contributed by atoms with Crippen molar-refractivity contribution in [3.63, 3.8) is 0 Å². The van der Waals surface area contributed by atoms with Crippen molar-refractivity contribution in [1.29, 1.82) is 0 Å². The van der Waals surface area contributed by atoms with E-state index in [0.29, 0.717) is 0 Å². The Bertz CT molecular complexity index is 539. The number of aromatic nitrogens is 1. The molecule has 0 atom stereocenters. The van der Waals surface area contributed by atoms with Crippen LogP contribution in [0.5, 0.6) is 0 Å². The maximum absolute atomic E-state index is 4.81. The highest BCUT2D eigenvalue weighted by Crippen LogP contribution is 2.28. The highest BCUT2D eigenvalue weighted by Gasteiger charge is 2.18. The van der Waals surface area contributed by atoms with Crippen molar-refractivity contribution in [1.82, 2.24) is 4.98 Å². The monoisotopic (exact) mass is 244 g/mol. The second kappa shape index (κ2) is 4.57. The average molecular weight is 244 g/mol. The topological polar surface area (TPSA) is 16.1 Å². The van der Waals surface area contributed by atoms with Crippen molar-refractivity contribution in [3.8, 4) is 0 Å². The lowest BCUT2D eigenvalue weighted by atomic mass is 10.0. The third-order valence-corrected chi connectivity index (χ3v) is 3.52. The first-order chi connectivity index (χ1) is 8.38. The molecule has 0 radical (unpaired) electrons. The molecule has 3 rings (SSSR count). The standard InChI is InChI=1S/C14H16N2S/c17-9-8-16-7-3-5-12-10-11-4-1-2-6-13(11)15-14(12)16/h1-2,4,6,10,17H,3,5,7-9H2. The van der Waals surface area contributed by atoms with Gasteiger partial charge < -0.3 is 4.90 Å². The lowest BCUT2D eigenvalue weighted by Crippen LogP contribution is -2.32. The van der Waals surface area contributed by atoms with Crippen LogP contribution in [0.3, 0.4) is 0 Å². The van der Waals surface area contributed by atoms with Gasteiger partial charge in [-0.05, 0) is 30.5 Å². The number of aryl methyl sites for hydroxylation is 1. The fourth-order valence-electron chi connectivity index (χ4n) is 2.51. The number of fused-ring (bicyclic) bond motifs is 2. The number of nitrogens with zero attached hydrogens (tertiary/aromatic N) is 2. The number of hydrogen-bond donors (Lipinski definition) is 1. The van der Waals surface area contributed by atoms with E-state index in [-0.39, 0.29) is 0 Å². The summed E-state index contributed by atoms with van der Waals surface area (Å²) in [6.07, 6.45) is 2.37. The van der Waals surface area contributed by atoms with Crippen LogP contribution in [0.2, 0.25) is 0 Å². The Labute approximate surface area is 107 Å². The average Bonchev–Trinajstić information content (AvgIpc) is 2.37. The van der Waals surface area contributed by atoms with Crippen LogP contribution in [-0.4, -0.2) is 23.8 Å². The van der Waals surface area contributed by atoms with Gasteiger partial charge in [0.25, 0.3) is 0 Å². The first kappa shape index (κ1) is 10.9. The zero-order valence-corrected chi connectivity index (χ0v) is 10.7. The van der Waals surface area contributed by atoms with E-state index in [2.05, 4.69) is 41.8 Å². The Balaban J connectivity index is 2.12. The van der Waals surface area contributed by atoms with E-state index in [0.717, 1.165) is 30.8 Å². The van der Waals surface area contributed by atoms with Gasteiger partial charge in [-0.2, -0.15) is 12.6 Å². The fraction of sp³-hybridized carbons (Fsp3) is 0.357. The van der Waals surface area contributed by atoms with Crippen molar-refractivity contribution in [2.75, 3.05) is 23.7 Å². The molecule has 0 aliphatic carbocycles. The highest BCUT2D eigenvalue weighted by molar-refractivity contribution is 7.80. The largest absolute Gasteiger partial charge is 0.356 e. The molecule has 0 amide bonds. The molecule has 0 saturated carbocycles. The summed E-state index contributed by atoms with van der Waals surface area (Å²) >= 11 is 4.33. The van der Waals surface area contributed by atoms with Gasteiger partial charge in [-0.1, -0.05) is 18.2 Å². The van der Waals surface area contributed by atoms with Gasteiger partial charge in [0.1, 0.15) is 5.82 Å². The summed E-state index contributed by atoms with van der Waals surface area (Å²) in [7, 11) is 0. The molecule has 1 aromatic heterocycles. The molecule has 2 nitrogen and oxygen atoms in total. The van der Waals surface area contributed by atoms with E-state index < -0.39 is 0 Å². The van der Waals surface area contributed by atoms with E-state index >= 15 is 0 Å². The maximum Gasteiger partial charge on any atom is 0.132 e. The molecule has 0 fully saturated rings. The second-order valence-electron chi connectivity index (χ2n) is 4.48. The van der Waals surface area contributed by atoms with Gasteiger partial charge >= 0.3 is 0 Å². The third-order valence-electron chi connectivity index (χ3n) is 3.32. The Morgan fingerprint density at radius 3 is 3.06 bits per heavy atom. The van der Waals surface area contributed by atoms with Crippen LogP contribution in [0.15, 0.2) is 30.3 Å². The SMILES string of the molecule is SCCN1CCCc2cc3ccccc3nc21. The molecule has 0 bridgehead atoms. The predicted molar refractivity (Wildman–Crippen MR) is 76.1 cm³/mol. The summed E-state index contributed by atoms with van der Waals surface area (Å²) in [5.41, 5.74) is 2.48. The van der Waals surface area contributed by atoms with Crippen LogP contribution in [0.4, 0.5) is 5.82 Å². The maximum atomic E-state index is 4.81. The molecular formula is C14H16N2S. The van der Waals surface area contributed by atoms with Crippen molar-refractivity contribution in [2.45, 2.75) is 12.8 Å². The van der Waals surface area contributed by atoms with Gasteiger partial charge in [0.2, 0.25) is 0 Å². The van der Waals surface area contributed by atoms with E-state index in [1.807, 2.05) is 6.07 Å². The molecule has 1 aromatic carbocycles. The Morgan fingerprint density at radius 2 is 2.18 bits per heavy atom. The minimum atomic E-state index is 0.883. The van der Waals surface area contributed by atoms with Crippen LogP contribution in [0, 0.1) is 0 Å². The minimum absolute atomic E-state index is 0.883. The third kappa shape index (κ3) is 2.00. The van der Waals surface area contributed by atoms with Crippen LogP contribution < -0.4 is 4.90 Å². The molecule has 17 heavy (non-hydrogen) atoms. The molecule has 2 aromatic rings. The Kier molecular flexibility index (Phi) is 2.93. The molecule has 0 spiro atoms. The van der Waals surface area contributed by atoms with Crippen LogP contribution in [-0.2, 0) is 6.42 Å². The Hall–Kier alpha value is -1.22. The van der Waals surface area contributed by atoms with Crippen molar-refractivity contribution in [3.05, 3.63) is 35.9 Å². The van der Waals surface area contributed by atoms with Crippen LogP contribution in [0.1, 0.15) is 12.0 Å². The molecule has 1 aliphatic rings. The minimum Gasteiger partial charge on any atom is -0.356 e. The van der Waals surface area contributed by atoms with Gasteiger partial charge in [0, 0.05) is 24.2 Å². The van der Waals surface area contributed by atoms with Gasteiger partial charge in [0.15, 0.2) is 0 Å². The predicted octanol–water partition coefficient (Wildman–Crippen LogP) is 2.92. The Morgan fingerprint density at radius 1 is 1.29 bits per heavy atom. The summed E-state index contributed by atoms with van der Waals surface area (Å²) < 4.78 is 0. The summed E-state index contributed by atoms with van der Waals surface area (Å²) in [4.78, 5) is 7.17. The fourth-order valence-corrected chi connectivity index (χ4v) is 2.75. The lowest BCUT2D eigenvalue weighted by molar-refractivity contribution is 0.700. The molecule has 3 heteroatoms. The zero-order chi connectivity index (χ0) is 11.7. The summed E-state index contributed by atoms with van der Waals surface area (Å²) in [5.74, 6) is 2.05. The molecule has 2 heterocycles. The zero-order valence-electron chi connectivity index (χ0n) is 9.76. The van der Waals surface area contributed by atoms with Crippen molar-refractivity contribution >= 4 is 29.3 Å². The molecule has 1 aliphatic heterocycles. The molecule has 0 saturated heterocycles. The van der Waals surface area contributed by atoms with E-state index in [4.69, 9.17) is 4.98 Å². The normalized spacial score (nSPS) is 15.0. The molecule has 0 unspecified atom stereocenters. The summed E-state index contributed by atoms with van der Waals surface area (Å²) in [6.45, 7) is 2.10. The van der Waals surface area contributed by atoms with Gasteiger partial charge in [-0.15, -0.1) is 0 Å². The van der Waals surface area contributed by atoms with E-state index in [9.17, 15) is 0 Å². The number of rotatable bonds is 2. The highest BCUT2D eigenvalue weighted by atomic mass is 32.1. The summed E-state index contributed by atoms with van der Waals surface area (Å²) in [5, 5.41) is 1.25. The van der Waals surface area contributed by atoms with E-state index in [1.54, 1.807) is 0 Å². The van der Waals surface area contributed by atoms with Crippen LogP contribution >= 0.6 is 12.6 Å². The number of hydrogen-bond acceptors (Lipinski definition) is 3. The van der Waals surface area contributed by atoms with Gasteiger partial charge in [-0.3, -0.25) is 0 Å². The number of anilines is 1. The molecular weight excluding hydrogens is 228 g/mol. The lowest BCUT2D eigenvalue weighted by Gasteiger charge is -2.29. The number of benzene rings is 1. The van der Waals surface area contributed by atoms with Crippen molar-refractivity contribution < 1.29 is 0 Å². The van der Waals surface area contributed by atoms with Gasteiger partial charge in [-0.25, -0.2) is 4.98 Å². The molecule has 0 N–H and O–H groups in total.